The number of hydrogen-bond donors (Lipinski definition) is 1. The molecule has 0 heterocycles. The Kier molecular flexibility index (Phi) is 3.04. The fraction of sp³-hybridized carbons (Fsp3) is 0.308. The number of carbonyl (C=O) groups is 1. The molecule has 3 heteroatoms. The van der Waals surface area contributed by atoms with E-state index in [9.17, 15) is 9.18 Å². The summed E-state index contributed by atoms with van der Waals surface area (Å²) < 4.78 is 13.5. The number of hydrogen-bond acceptors (Lipinski definition) is 1. The van der Waals surface area contributed by atoms with Gasteiger partial charge in [-0.3, -0.25) is 0 Å². The largest absolute Gasteiger partial charge is 0.478 e. The van der Waals surface area contributed by atoms with Gasteiger partial charge in [0.25, 0.3) is 0 Å². The van der Waals surface area contributed by atoms with Crippen LogP contribution in [0.5, 0.6) is 0 Å². The summed E-state index contributed by atoms with van der Waals surface area (Å²) in [5.74, 6) is -1.14. The number of halogens is 1. The van der Waals surface area contributed by atoms with Gasteiger partial charge < -0.3 is 5.11 Å². The van der Waals surface area contributed by atoms with Crippen LogP contribution in [0.3, 0.4) is 0 Å². The lowest BCUT2D eigenvalue weighted by molar-refractivity contribution is -0.131. The van der Waals surface area contributed by atoms with Gasteiger partial charge in [-0.25, -0.2) is 9.18 Å². The van der Waals surface area contributed by atoms with Crippen molar-refractivity contribution in [2.45, 2.75) is 25.7 Å². The monoisotopic (exact) mass is 220 g/mol. The molecule has 0 saturated carbocycles. The molecule has 0 amide bonds. The summed E-state index contributed by atoms with van der Waals surface area (Å²) in [4.78, 5) is 10.4. The van der Waals surface area contributed by atoms with E-state index in [2.05, 4.69) is 0 Å². The van der Waals surface area contributed by atoms with E-state index < -0.39 is 5.97 Å². The highest BCUT2D eigenvalue weighted by Crippen LogP contribution is 2.27. The third-order valence-corrected chi connectivity index (χ3v) is 2.92. The summed E-state index contributed by atoms with van der Waals surface area (Å²) in [6, 6.07) is 3.07. The van der Waals surface area contributed by atoms with E-state index in [1.807, 2.05) is 0 Å². The summed E-state index contributed by atoms with van der Waals surface area (Å²) in [5.41, 5.74) is 2.57. The van der Waals surface area contributed by atoms with Gasteiger partial charge in [0, 0.05) is 6.08 Å². The molecule has 1 N–H and O–H groups in total. The molecule has 0 unspecified atom stereocenters. The maximum atomic E-state index is 13.5. The van der Waals surface area contributed by atoms with Crippen LogP contribution < -0.4 is 0 Å². The summed E-state index contributed by atoms with van der Waals surface area (Å²) in [7, 11) is 0. The fourth-order valence-corrected chi connectivity index (χ4v) is 2.17. The molecule has 1 aromatic rings. The maximum Gasteiger partial charge on any atom is 0.328 e. The molecule has 2 nitrogen and oxygen atoms in total. The molecule has 0 bridgehead atoms. The van der Waals surface area contributed by atoms with Gasteiger partial charge in [-0.1, -0.05) is 6.07 Å². The quantitative estimate of drug-likeness (QED) is 0.778. The van der Waals surface area contributed by atoms with E-state index in [-0.39, 0.29) is 5.82 Å². The molecule has 0 atom stereocenters. The first-order valence-electron chi connectivity index (χ1n) is 5.40. The second-order valence-electron chi connectivity index (χ2n) is 3.97. The number of carboxylic acid groups (broad SMARTS) is 1. The van der Waals surface area contributed by atoms with Crippen LogP contribution in [0.1, 0.15) is 29.5 Å². The van der Waals surface area contributed by atoms with E-state index in [0.29, 0.717) is 0 Å². The molecule has 84 valence electrons. The number of benzene rings is 1. The Balaban J connectivity index is 2.43. The predicted molar refractivity (Wildman–Crippen MR) is 59.7 cm³/mol. The molecular weight excluding hydrogens is 207 g/mol. The molecule has 0 spiro atoms. The van der Waals surface area contributed by atoms with Crippen molar-refractivity contribution in [3.63, 3.8) is 0 Å². The molecule has 1 aromatic carbocycles. The van der Waals surface area contributed by atoms with Crippen molar-refractivity contribution < 1.29 is 14.3 Å². The normalized spacial score (nSPS) is 15.1. The third-order valence-electron chi connectivity index (χ3n) is 2.92. The molecule has 1 aliphatic carbocycles. The minimum absolute atomic E-state index is 0.165. The second kappa shape index (κ2) is 4.47. The number of carboxylic acids is 1. The van der Waals surface area contributed by atoms with Crippen molar-refractivity contribution in [3.05, 3.63) is 40.7 Å². The first kappa shape index (κ1) is 10.9. The number of rotatable bonds is 2. The van der Waals surface area contributed by atoms with Crippen LogP contribution in [0.4, 0.5) is 4.39 Å². The second-order valence-corrected chi connectivity index (χ2v) is 3.97. The van der Waals surface area contributed by atoms with E-state index in [0.717, 1.165) is 48.4 Å². The molecule has 1 aliphatic rings. The third kappa shape index (κ3) is 2.13. The molecule has 0 fully saturated rings. The molecular formula is C13H13FO2. The van der Waals surface area contributed by atoms with Gasteiger partial charge in [0.1, 0.15) is 5.82 Å². The summed E-state index contributed by atoms with van der Waals surface area (Å²) in [5, 5.41) is 8.57. The fourth-order valence-electron chi connectivity index (χ4n) is 2.17. The number of fused-ring (bicyclic) bond motifs is 1. The summed E-state index contributed by atoms with van der Waals surface area (Å²) >= 11 is 0. The van der Waals surface area contributed by atoms with Gasteiger partial charge in [0.05, 0.1) is 0 Å². The van der Waals surface area contributed by atoms with Crippen molar-refractivity contribution in [2.75, 3.05) is 0 Å². The standard InChI is InChI=1S/C13H13FO2/c14-12-7-5-9(6-8-13(15)16)10-3-1-2-4-11(10)12/h5-8H,1-4H2,(H,15,16)/b8-6+. The van der Waals surface area contributed by atoms with Gasteiger partial charge in [-0.2, -0.15) is 0 Å². The van der Waals surface area contributed by atoms with Crippen LogP contribution in [0.2, 0.25) is 0 Å². The Morgan fingerprint density at radius 3 is 2.62 bits per heavy atom. The lowest BCUT2D eigenvalue weighted by Crippen LogP contribution is -2.07. The minimum Gasteiger partial charge on any atom is -0.478 e. The Labute approximate surface area is 93.4 Å². The van der Waals surface area contributed by atoms with Crippen LogP contribution in [0.15, 0.2) is 18.2 Å². The minimum atomic E-state index is -0.978. The summed E-state index contributed by atoms with van der Waals surface area (Å²) in [6.07, 6.45) is 6.30. The number of aliphatic carboxylic acids is 1. The van der Waals surface area contributed by atoms with Crippen LogP contribution in [-0.4, -0.2) is 11.1 Å². The molecule has 0 saturated heterocycles. The van der Waals surface area contributed by atoms with E-state index in [4.69, 9.17) is 5.11 Å². The highest BCUT2D eigenvalue weighted by atomic mass is 19.1. The topological polar surface area (TPSA) is 37.3 Å². The Bertz CT molecular complexity index is 449. The molecule has 2 rings (SSSR count). The average molecular weight is 220 g/mol. The molecule has 0 radical (unpaired) electrons. The van der Waals surface area contributed by atoms with Gasteiger partial charge in [0.15, 0.2) is 0 Å². The molecule has 0 aromatic heterocycles. The molecule has 0 aliphatic heterocycles. The Morgan fingerprint density at radius 2 is 1.94 bits per heavy atom. The maximum absolute atomic E-state index is 13.5. The zero-order chi connectivity index (χ0) is 11.5. The van der Waals surface area contributed by atoms with E-state index in [1.54, 1.807) is 12.1 Å². The molecule has 16 heavy (non-hydrogen) atoms. The van der Waals surface area contributed by atoms with Gasteiger partial charge in [0.2, 0.25) is 0 Å². The highest BCUT2D eigenvalue weighted by Gasteiger charge is 2.15. The zero-order valence-corrected chi connectivity index (χ0v) is 8.87. The predicted octanol–water partition coefficient (Wildman–Crippen LogP) is 2.80. The van der Waals surface area contributed by atoms with Gasteiger partial charge in [-0.05, 0) is 54.5 Å². The van der Waals surface area contributed by atoms with Crippen molar-refractivity contribution in [3.8, 4) is 0 Å². The lowest BCUT2D eigenvalue weighted by Gasteiger charge is -2.18. The zero-order valence-electron chi connectivity index (χ0n) is 8.87. The average Bonchev–Trinajstić information content (AvgIpc) is 2.28. The summed E-state index contributed by atoms with van der Waals surface area (Å²) in [6.45, 7) is 0. The Morgan fingerprint density at radius 1 is 1.25 bits per heavy atom. The van der Waals surface area contributed by atoms with Crippen molar-refractivity contribution in [2.24, 2.45) is 0 Å². The van der Waals surface area contributed by atoms with Crippen LogP contribution in [0, 0.1) is 5.82 Å². The van der Waals surface area contributed by atoms with Crippen molar-refractivity contribution >= 4 is 12.0 Å². The van der Waals surface area contributed by atoms with Gasteiger partial charge >= 0.3 is 5.97 Å². The van der Waals surface area contributed by atoms with Crippen molar-refractivity contribution in [1.29, 1.82) is 0 Å². The smallest absolute Gasteiger partial charge is 0.328 e. The van der Waals surface area contributed by atoms with E-state index >= 15 is 0 Å². The first-order chi connectivity index (χ1) is 7.68. The SMILES string of the molecule is O=C(O)/C=C/c1ccc(F)c2c1CCCC2. The first-order valence-corrected chi connectivity index (χ1v) is 5.40. The highest BCUT2D eigenvalue weighted by molar-refractivity contribution is 5.85. The van der Waals surface area contributed by atoms with Crippen molar-refractivity contribution in [1.82, 2.24) is 0 Å². The van der Waals surface area contributed by atoms with Gasteiger partial charge in [-0.15, -0.1) is 0 Å². The van der Waals surface area contributed by atoms with Crippen LogP contribution in [0.25, 0.3) is 6.08 Å². The lowest BCUT2D eigenvalue weighted by atomic mass is 9.87. The van der Waals surface area contributed by atoms with E-state index in [1.165, 1.54) is 6.07 Å². The Hall–Kier alpha value is -1.64. The van der Waals surface area contributed by atoms with Crippen LogP contribution >= 0.6 is 0 Å². The van der Waals surface area contributed by atoms with Crippen LogP contribution in [-0.2, 0) is 17.6 Å².